The van der Waals surface area contributed by atoms with Gasteiger partial charge in [-0.15, -0.1) is 0 Å². The van der Waals surface area contributed by atoms with E-state index < -0.39 is 47.7 Å². The van der Waals surface area contributed by atoms with Crippen molar-refractivity contribution in [3.8, 4) is 33.6 Å². The summed E-state index contributed by atoms with van der Waals surface area (Å²) < 4.78 is 33.4. The summed E-state index contributed by atoms with van der Waals surface area (Å²) in [4.78, 5) is 70.8. The molecule has 2 unspecified atom stereocenters. The molecule has 3 aliphatic rings. The van der Waals surface area contributed by atoms with Gasteiger partial charge < -0.3 is 40.2 Å². The van der Waals surface area contributed by atoms with Gasteiger partial charge in [-0.05, 0) is 62.0 Å². The SMILES string of the molecule is CC[C@H](NC(=O)O)C(=O)N1C(c2nc(-c3ccc(-c4ccc(-c5c[nH]c(C6CCCN6C(=O)[C@@H](NC(=O)OC)C(C)C)n5)cc4)cc3)c[nH]2)CCC12CCC(F)(F)CC2. The van der Waals surface area contributed by atoms with E-state index in [-0.39, 0.29) is 50.0 Å². The van der Waals surface area contributed by atoms with Gasteiger partial charge >= 0.3 is 12.2 Å². The Hall–Kier alpha value is -5.80. The number of alkyl carbamates (subject to hydrolysis) is 1. The first-order valence-electron chi connectivity index (χ1n) is 20.4. The van der Waals surface area contributed by atoms with E-state index in [1.165, 1.54) is 7.11 Å². The van der Waals surface area contributed by atoms with Crippen molar-refractivity contribution in [1.82, 2.24) is 40.4 Å². The lowest BCUT2D eigenvalue weighted by Gasteiger charge is -2.46. The lowest BCUT2D eigenvalue weighted by atomic mass is 9.78. The van der Waals surface area contributed by atoms with Crippen LogP contribution in [-0.4, -0.2) is 96.0 Å². The number of imidazole rings is 2. The summed E-state index contributed by atoms with van der Waals surface area (Å²) in [6.07, 6.45) is 4.16. The molecule has 5 N–H and O–H groups in total. The highest BCUT2D eigenvalue weighted by Gasteiger charge is 2.55. The van der Waals surface area contributed by atoms with Gasteiger partial charge in [0.25, 0.3) is 0 Å². The number of nitrogens with zero attached hydrogens (tertiary/aromatic N) is 4. The number of aromatic nitrogens is 4. The number of hydrogen-bond donors (Lipinski definition) is 5. The number of aromatic amines is 2. The molecule has 7 rings (SSSR count). The Kier molecular flexibility index (Phi) is 11.8. The van der Waals surface area contributed by atoms with Gasteiger partial charge in [-0.3, -0.25) is 9.59 Å². The molecule has 4 heterocycles. The molecule has 4 amide bonds. The van der Waals surface area contributed by atoms with Crippen molar-refractivity contribution in [3.63, 3.8) is 0 Å². The van der Waals surface area contributed by atoms with E-state index in [9.17, 15) is 33.1 Å². The molecular formula is C43H52F2N8O6. The van der Waals surface area contributed by atoms with Crippen LogP contribution in [0.4, 0.5) is 18.4 Å². The number of H-pyrrole nitrogens is 2. The highest BCUT2D eigenvalue weighted by Crippen LogP contribution is 2.52. The normalized spacial score (nSPS) is 20.7. The van der Waals surface area contributed by atoms with Crippen LogP contribution in [0.1, 0.15) is 102 Å². The van der Waals surface area contributed by atoms with Crippen molar-refractivity contribution in [2.75, 3.05) is 13.7 Å². The standard InChI is InChI=1S/C43H52F2N8O6/c1-5-30(50-40(56)57)38(54)53-34(16-17-42(53)18-20-43(44,45)21-19-42)37-47-24-32(49-37)29-14-10-27(11-15-29)26-8-12-28(13-9-26)31-23-46-36(48-31)33-7-6-22-52(33)39(55)35(25(2)3)51-41(58)59-4/h8-15,23-25,30,33-35,50H,5-7,16-22H2,1-4H3,(H,46,48)(H,47,49)(H,51,58)(H,56,57)/t30-,33?,34?,35-/m0/s1. The Morgan fingerprint density at radius 1 is 0.814 bits per heavy atom. The number of carbonyl (C=O) groups is 4. The zero-order chi connectivity index (χ0) is 42.1. The minimum atomic E-state index is -2.79. The van der Waals surface area contributed by atoms with Crippen molar-refractivity contribution in [2.24, 2.45) is 5.92 Å². The Bertz CT molecular complexity index is 2140. The molecule has 59 heavy (non-hydrogen) atoms. The Morgan fingerprint density at radius 2 is 1.36 bits per heavy atom. The molecule has 2 aromatic carbocycles. The highest BCUT2D eigenvalue weighted by molar-refractivity contribution is 5.87. The van der Waals surface area contributed by atoms with Crippen molar-refractivity contribution in [2.45, 2.75) is 114 Å². The minimum Gasteiger partial charge on any atom is -0.465 e. The minimum absolute atomic E-state index is 0.127. The molecule has 1 saturated carbocycles. The second-order valence-electron chi connectivity index (χ2n) is 16.3. The average molecular weight is 815 g/mol. The number of halogens is 2. The van der Waals surface area contributed by atoms with Gasteiger partial charge in [0, 0.05) is 48.4 Å². The first-order valence-corrected chi connectivity index (χ1v) is 20.4. The lowest BCUT2D eigenvalue weighted by Crippen LogP contribution is -2.57. The van der Waals surface area contributed by atoms with Crippen molar-refractivity contribution >= 4 is 24.0 Å². The van der Waals surface area contributed by atoms with Gasteiger partial charge in [-0.1, -0.05) is 69.3 Å². The molecular weight excluding hydrogens is 763 g/mol. The van der Waals surface area contributed by atoms with Gasteiger partial charge in [0.15, 0.2) is 0 Å². The van der Waals surface area contributed by atoms with Gasteiger partial charge in [0.1, 0.15) is 23.7 Å². The fourth-order valence-corrected chi connectivity index (χ4v) is 9.03. The van der Waals surface area contributed by atoms with Crippen LogP contribution < -0.4 is 10.6 Å². The summed E-state index contributed by atoms with van der Waals surface area (Å²) in [5.41, 5.74) is 4.36. The molecule has 4 atom stereocenters. The zero-order valence-electron chi connectivity index (χ0n) is 33.8. The van der Waals surface area contributed by atoms with E-state index in [0.717, 1.165) is 40.8 Å². The molecule has 314 valence electrons. The van der Waals surface area contributed by atoms with Crippen LogP contribution in [0.5, 0.6) is 0 Å². The fourth-order valence-electron chi connectivity index (χ4n) is 9.03. The number of benzene rings is 2. The molecule has 2 aliphatic heterocycles. The number of alkyl halides is 2. The number of nitrogens with one attached hydrogen (secondary N) is 4. The summed E-state index contributed by atoms with van der Waals surface area (Å²) in [7, 11) is 1.27. The molecule has 2 saturated heterocycles. The van der Waals surface area contributed by atoms with Gasteiger partial charge in [0.2, 0.25) is 17.7 Å². The molecule has 0 radical (unpaired) electrons. The predicted octanol–water partition coefficient (Wildman–Crippen LogP) is 7.84. The van der Waals surface area contributed by atoms with Gasteiger partial charge in [-0.25, -0.2) is 28.3 Å². The summed E-state index contributed by atoms with van der Waals surface area (Å²) in [6, 6.07) is 13.5. The highest BCUT2D eigenvalue weighted by atomic mass is 19.3. The Balaban J connectivity index is 1.04. The maximum absolute atomic E-state index is 14.3. The number of ether oxygens (including phenoxy) is 1. The topological polar surface area (TPSA) is 186 Å². The number of hydrogen-bond acceptors (Lipinski definition) is 7. The molecule has 1 aliphatic carbocycles. The summed E-state index contributed by atoms with van der Waals surface area (Å²) >= 11 is 0. The third kappa shape index (κ3) is 8.53. The van der Waals surface area contributed by atoms with Crippen LogP contribution in [0.15, 0.2) is 60.9 Å². The molecule has 4 aromatic rings. The van der Waals surface area contributed by atoms with Crippen LogP contribution in [-0.2, 0) is 14.3 Å². The van der Waals surface area contributed by atoms with Crippen LogP contribution in [0.2, 0.25) is 0 Å². The number of carbonyl (C=O) groups excluding carboxylic acids is 3. The van der Waals surface area contributed by atoms with E-state index in [0.29, 0.717) is 36.7 Å². The van der Waals surface area contributed by atoms with E-state index >= 15 is 0 Å². The molecule has 2 aromatic heterocycles. The maximum atomic E-state index is 14.3. The molecule has 0 bridgehead atoms. The quantitative estimate of drug-likeness (QED) is 0.101. The van der Waals surface area contributed by atoms with Gasteiger partial charge in [0.05, 0.1) is 30.6 Å². The maximum Gasteiger partial charge on any atom is 0.407 e. The summed E-state index contributed by atoms with van der Waals surface area (Å²) in [6.45, 7) is 6.06. The first kappa shape index (κ1) is 41.4. The van der Waals surface area contributed by atoms with E-state index in [2.05, 4.69) is 20.6 Å². The van der Waals surface area contributed by atoms with E-state index in [1.54, 1.807) is 22.9 Å². The van der Waals surface area contributed by atoms with Crippen LogP contribution in [0.25, 0.3) is 33.6 Å². The molecule has 14 nitrogen and oxygen atoms in total. The van der Waals surface area contributed by atoms with Crippen LogP contribution in [0, 0.1) is 5.92 Å². The fraction of sp³-hybridized carbons (Fsp3) is 0.488. The first-order chi connectivity index (χ1) is 28.2. The average Bonchev–Trinajstić information content (AvgIpc) is 4.06. The number of rotatable bonds is 11. The smallest absolute Gasteiger partial charge is 0.407 e. The number of likely N-dealkylation sites (tertiary alicyclic amines) is 2. The number of amides is 4. The zero-order valence-corrected chi connectivity index (χ0v) is 33.8. The summed E-state index contributed by atoms with van der Waals surface area (Å²) in [5.74, 6) is -2.26. The van der Waals surface area contributed by atoms with Crippen LogP contribution in [0.3, 0.4) is 0 Å². The van der Waals surface area contributed by atoms with Gasteiger partial charge in [-0.2, -0.15) is 0 Å². The Morgan fingerprint density at radius 3 is 1.86 bits per heavy atom. The van der Waals surface area contributed by atoms with Crippen molar-refractivity contribution < 1.29 is 37.8 Å². The van der Waals surface area contributed by atoms with E-state index in [1.807, 2.05) is 68.6 Å². The molecule has 16 heteroatoms. The Labute approximate surface area is 341 Å². The lowest BCUT2D eigenvalue weighted by molar-refractivity contribution is -0.146. The second-order valence-corrected chi connectivity index (χ2v) is 16.3. The van der Waals surface area contributed by atoms with Crippen LogP contribution >= 0.6 is 0 Å². The van der Waals surface area contributed by atoms with Crippen molar-refractivity contribution in [3.05, 3.63) is 72.6 Å². The monoisotopic (exact) mass is 814 g/mol. The van der Waals surface area contributed by atoms with E-state index in [4.69, 9.17) is 14.7 Å². The number of carboxylic acid groups (broad SMARTS) is 1. The molecule has 3 fully saturated rings. The number of methoxy groups -OCH3 is 1. The second kappa shape index (κ2) is 16.8. The summed E-state index contributed by atoms with van der Waals surface area (Å²) in [5, 5.41) is 14.4. The third-order valence-electron chi connectivity index (χ3n) is 12.3. The predicted molar refractivity (Wildman–Crippen MR) is 215 cm³/mol. The third-order valence-corrected chi connectivity index (χ3v) is 12.3. The van der Waals surface area contributed by atoms with Crippen molar-refractivity contribution in [1.29, 1.82) is 0 Å². The molecule has 1 spiro atoms. The largest absolute Gasteiger partial charge is 0.465 e.